The number of pyridine rings is 2. The van der Waals surface area contributed by atoms with E-state index < -0.39 is 0 Å². The number of hydrogen-bond donors (Lipinski definition) is 2. The van der Waals surface area contributed by atoms with E-state index in [1.165, 1.54) is 5.56 Å². The van der Waals surface area contributed by atoms with Crippen molar-refractivity contribution < 1.29 is 9.53 Å². The average Bonchev–Trinajstić information content (AvgIpc) is 3.45. The highest BCUT2D eigenvalue weighted by atomic mass is 32.1. The normalized spacial score (nSPS) is 16.7. The van der Waals surface area contributed by atoms with Crippen LogP contribution in [0, 0.1) is 13.8 Å². The van der Waals surface area contributed by atoms with Crippen molar-refractivity contribution in [3.05, 3.63) is 101 Å². The third-order valence-electron chi connectivity index (χ3n) is 7.18. The monoisotopic (exact) mass is 540 g/mol. The van der Waals surface area contributed by atoms with Crippen molar-refractivity contribution in [2.75, 3.05) is 17.3 Å². The minimum atomic E-state index is -0.168. The second-order valence-corrected chi connectivity index (χ2v) is 9.94. The predicted octanol–water partition coefficient (Wildman–Crippen LogP) is 5.48. The van der Waals surface area contributed by atoms with Crippen molar-refractivity contribution in [3.8, 4) is 5.75 Å². The van der Waals surface area contributed by atoms with Gasteiger partial charge in [-0.2, -0.15) is 0 Å². The summed E-state index contributed by atoms with van der Waals surface area (Å²) >= 11 is 5.93. The zero-order valence-corrected chi connectivity index (χ0v) is 23.3. The van der Waals surface area contributed by atoms with Gasteiger partial charge in [-0.1, -0.05) is 13.0 Å². The summed E-state index contributed by atoms with van der Waals surface area (Å²) in [6, 6.07) is 17.7. The lowest BCUT2D eigenvalue weighted by Gasteiger charge is -2.29. The molecule has 0 bridgehead atoms. The largest absolute Gasteiger partial charge is 0.494 e. The number of benzene rings is 1. The van der Waals surface area contributed by atoms with E-state index in [4.69, 9.17) is 17.0 Å². The van der Waals surface area contributed by atoms with Crippen molar-refractivity contribution in [2.24, 2.45) is 0 Å². The minimum absolute atomic E-state index is 0.0749. The number of aromatic nitrogens is 3. The Morgan fingerprint density at radius 1 is 1.10 bits per heavy atom. The quantitative estimate of drug-likeness (QED) is 0.287. The molecule has 4 heterocycles. The molecule has 1 saturated heterocycles. The number of ether oxygens (including phenoxy) is 1. The Kier molecular flexibility index (Phi) is 7.60. The van der Waals surface area contributed by atoms with Gasteiger partial charge in [-0.15, -0.1) is 0 Å². The molecule has 8 nitrogen and oxygen atoms in total. The van der Waals surface area contributed by atoms with Gasteiger partial charge < -0.3 is 24.8 Å². The van der Waals surface area contributed by atoms with Gasteiger partial charge in [0, 0.05) is 54.7 Å². The number of thiocarbonyl (C=S) groups is 1. The van der Waals surface area contributed by atoms with Crippen LogP contribution in [-0.4, -0.2) is 32.7 Å². The molecule has 1 aliphatic rings. The SMILES string of the molecule is CCC(=O)Nc1ccc(N2C(=S)N[C@@H](c3ccccn3)[C@H]2c2cc(C)n(Cc3ccncc3)c2C)cc1OC. The Labute approximate surface area is 234 Å². The Morgan fingerprint density at radius 3 is 2.59 bits per heavy atom. The fraction of sp³-hybridized carbons (Fsp3) is 0.267. The molecule has 1 aromatic carbocycles. The summed E-state index contributed by atoms with van der Waals surface area (Å²) in [7, 11) is 1.60. The molecule has 0 radical (unpaired) electrons. The number of nitrogens with zero attached hydrogens (tertiary/aromatic N) is 4. The van der Waals surface area contributed by atoms with Crippen molar-refractivity contribution in [3.63, 3.8) is 0 Å². The van der Waals surface area contributed by atoms with E-state index in [-0.39, 0.29) is 18.0 Å². The Hall–Kier alpha value is -4.24. The molecular weight excluding hydrogens is 508 g/mol. The smallest absolute Gasteiger partial charge is 0.224 e. The number of rotatable bonds is 8. The molecule has 39 heavy (non-hydrogen) atoms. The van der Waals surface area contributed by atoms with Crippen molar-refractivity contribution in [1.82, 2.24) is 19.9 Å². The summed E-state index contributed by atoms with van der Waals surface area (Å²) < 4.78 is 7.99. The summed E-state index contributed by atoms with van der Waals surface area (Å²) in [5.74, 6) is 0.495. The molecule has 1 fully saturated rings. The van der Waals surface area contributed by atoms with Gasteiger partial charge in [0.05, 0.1) is 30.6 Å². The first-order valence-electron chi connectivity index (χ1n) is 12.9. The van der Waals surface area contributed by atoms with E-state index in [0.717, 1.165) is 34.9 Å². The maximum Gasteiger partial charge on any atom is 0.224 e. The van der Waals surface area contributed by atoms with Crippen LogP contribution >= 0.6 is 12.2 Å². The van der Waals surface area contributed by atoms with E-state index in [9.17, 15) is 4.79 Å². The molecule has 2 N–H and O–H groups in total. The highest BCUT2D eigenvalue weighted by Crippen LogP contribution is 2.44. The van der Waals surface area contributed by atoms with Crippen LogP contribution in [0.4, 0.5) is 11.4 Å². The third kappa shape index (κ3) is 5.22. The van der Waals surface area contributed by atoms with Crippen molar-refractivity contribution in [2.45, 2.75) is 45.8 Å². The number of aryl methyl sites for hydroxylation is 1. The first-order chi connectivity index (χ1) is 18.9. The summed E-state index contributed by atoms with van der Waals surface area (Å²) in [6.07, 6.45) is 5.83. The molecule has 0 saturated carbocycles. The van der Waals surface area contributed by atoms with Gasteiger partial charge in [-0.25, -0.2) is 0 Å². The second-order valence-electron chi connectivity index (χ2n) is 9.55. The zero-order valence-electron chi connectivity index (χ0n) is 22.5. The number of methoxy groups -OCH3 is 1. The standard InChI is InChI=1S/C30H32N6O2S/c1-5-27(37)33-24-10-9-22(17-26(24)38-4)36-29(28(34-30(36)39)25-8-6-7-13-32-25)23-16-19(2)35(20(23)3)18-21-11-14-31-15-12-21/h6-17,28-29H,5,18H2,1-4H3,(H,33,37)(H,34,39)/t28-,29+/m0/s1. The molecule has 1 amide bonds. The van der Waals surface area contributed by atoms with E-state index in [0.29, 0.717) is 23.0 Å². The van der Waals surface area contributed by atoms with Crippen LogP contribution in [0.15, 0.2) is 73.2 Å². The number of hydrogen-bond acceptors (Lipinski definition) is 5. The van der Waals surface area contributed by atoms with Gasteiger partial charge in [-0.05, 0) is 79.7 Å². The summed E-state index contributed by atoms with van der Waals surface area (Å²) in [5, 5.41) is 7.04. The van der Waals surface area contributed by atoms with Crippen LogP contribution in [0.3, 0.4) is 0 Å². The van der Waals surface area contributed by atoms with Gasteiger partial charge in [0.1, 0.15) is 5.75 Å². The van der Waals surface area contributed by atoms with Crippen molar-refractivity contribution >= 4 is 34.6 Å². The molecule has 200 valence electrons. The lowest BCUT2D eigenvalue weighted by molar-refractivity contribution is -0.115. The minimum Gasteiger partial charge on any atom is -0.494 e. The number of carbonyl (C=O) groups is 1. The number of amides is 1. The highest BCUT2D eigenvalue weighted by Gasteiger charge is 2.42. The van der Waals surface area contributed by atoms with Crippen LogP contribution in [0.25, 0.3) is 0 Å². The Bertz CT molecular complexity index is 1490. The zero-order chi connectivity index (χ0) is 27.5. The fourth-order valence-corrected chi connectivity index (χ4v) is 5.51. The number of anilines is 2. The number of carbonyl (C=O) groups excluding carboxylic acids is 1. The van der Waals surface area contributed by atoms with Crippen LogP contribution in [-0.2, 0) is 11.3 Å². The topological polar surface area (TPSA) is 84.3 Å². The van der Waals surface area contributed by atoms with Gasteiger partial charge in [0.2, 0.25) is 5.91 Å². The molecule has 4 aromatic rings. The molecular formula is C30H32N6O2S. The fourth-order valence-electron chi connectivity index (χ4n) is 5.16. The molecule has 0 aliphatic carbocycles. The molecule has 1 aliphatic heterocycles. The van der Waals surface area contributed by atoms with E-state index >= 15 is 0 Å². The Morgan fingerprint density at radius 2 is 1.90 bits per heavy atom. The van der Waals surface area contributed by atoms with Gasteiger partial charge >= 0.3 is 0 Å². The summed E-state index contributed by atoms with van der Waals surface area (Å²) in [6.45, 7) is 6.85. The van der Waals surface area contributed by atoms with Gasteiger partial charge in [0.25, 0.3) is 0 Å². The molecule has 5 rings (SSSR count). The van der Waals surface area contributed by atoms with E-state index in [1.807, 2.05) is 67.8 Å². The summed E-state index contributed by atoms with van der Waals surface area (Å²) in [5.41, 5.74) is 7.06. The maximum atomic E-state index is 12.1. The maximum absolute atomic E-state index is 12.1. The van der Waals surface area contributed by atoms with Crippen molar-refractivity contribution in [1.29, 1.82) is 0 Å². The van der Waals surface area contributed by atoms with Crippen LogP contribution in [0.5, 0.6) is 5.75 Å². The van der Waals surface area contributed by atoms with Crippen LogP contribution in [0.1, 0.15) is 53.6 Å². The van der Waals surface area contributed by atoms with Crippen LogP contribution in [0.2, 0.25) is 0 Å². The average molecular weight is 541 g/mol. The number of nitrogens with one attached hydrogen (secondary N) is 2. The lowest BCUT2D eigenvalue weighted by atomic mass is 9.96. The predicted molar refractivity (Wildman–Crippen MR) is 157 cm³/mol. The molecule has 9 heteroatoms. The first-order valence-corrected chi connectivity index (χ1v) is 13.4. The highest BCUT2D eigenvalue weighted by molar-refractivity contribution is 7.80. The molecule has 2 atom stereocenters. The Balaban J connectivity index is 1.60. The third-order valence-corrected chi connectivity index (χ3v) is 7.49. The second kappa shape index (κ2) is 11.2. The first kappa shape index (κ1) is 26.4. The summed E-state index contributed by atoms with van der Waals surface area (Å²) in [4.78, 5) is 23.0. The molecule has 0 unspecified atom stereocenters. The van der Waals surface area contributed by atoms with Crippen LogP contribution < -0.4 is 20.3 Å². The molecule has 3 aromatic heterocycles. The molecule has 0 spiro atoms. The van der Waals surface area contributed by atoms with Gasteiger partial charge in [-0.3, -0.25) is 14.8 Å². The van der Waals surface area contributed by atoms with E-state index in [2.05, 4.69) is 50.0 Å². The van der Waals surface area contributed by atoms with E-state index in [1.54, 1.807) is 13.3 Å². The lowest BCUT2D eigenvalue weighted by Crippen LogP contribution is -2.29. The van der Waals surface area contributed by atoms with Gasteiger partial charge in [0.15, 0.2) is 5.11 Å².